The molecule has 2 aromatic rings. The number of ether oxygens (including phenoxy) is 1. The topological polar surface area (TPSA) is 106 Å². The van der Waals surface area contributed by atoms with Crippen LogP contribution in [0.15, 0.2) is 28.9 Å². The fourth-order valence-electron chi connectivity index (χ4n) is 3.42. The minimum Gasteiger partial charge on any atom is -0.444 e. The molecule has 1 aromatic carbocycles. The second kappa shape index (κ2) is 9.90. The molecule has 1 aliphatic heterocycles. The zero-order valence-electron chi connectivity index (χ0n) is 18.9. The van der Waals surface area contributed by atoms with E-state index in [1.807, 2.05) is 20.8 Å². The maximum absolute atomic E-state index is 14.1. The highest BCUT2D eigenvalue weighted by molar-refractivity contribution is 9.10. The van der Waals surface area contributed by atoms with E-state index in [2.05, 4.69) is 31.7 Å². The quantitative estimate of drug-likeness (QED) is 0.623. The first-order valence-corrected chi connectivity index (χ1v) is 11.3. The minimum absolute atomic E-state index is 0.0769. The summed E-state index contributed by atoms with van der Waals surface area (Å²) in [5.41, 5.74) is -0.562. The van der Waals surface area contributed by atoms with E-state index in [9.17, 15) is 18.8 Å². The number of amides is 3. The van der Waals surface area contributed by atoms with E-state index in [0.29, 0.717) is 24.1 Å². The van der Waals surface area contributed by atoms with Crippen molar-refractivity contribution >= 4 is 39.7 Å². The fourth-order valence-corrected chi connectivity index (χ4v) is 3.76. The first-order chi connectivity index (χ1) is 15.4. The molecular formula is C22H27BrFN5O4. The van der Waals surface area contributed by atoms with Crippen LogP contribution in [0.1, 0.15) is 47.9 Å². The normalized spacial score (nSPS) is 15.9. The van der Waals surface area contributed by atoms with Crippen LogP contribution in [0.2, 0.25) is 0 Å². The number of carbonyl (C=O) groups is 3. The monoisotopic (exact) mass is 523 g/mol. The van der Waals surface area contributed by atoms with Gasteiger partial charge in [-0.1, -0.05) is 15.9 Å². The van der Waals surface area contributed by atoms with Crippen LogP contribution in [-0.2, 0) is 11.8 Å². The Bertz CT molecular complexity index is 1070. The molecule has 178 valence electrons. The number of nitrogens with zero attached hydrogens (tertiary/aromatic N) is 3. The van der Waals surface area contributed by atoms with Crippen LogP contribution in [0, 0.1) is 11.7 Å². The summed E-state index contributed by atoms with van der Waals surface area (Å²) in [5.74, 6) is -1.58. The molecule has 1 aromatic heterocycles. The second-order valence-electron chi connectivity index (χ2n) is 8.90. The summed E-state index contributed by atoms with van der Waals surface area (Å²) in [6.07, 6.45) is 1.71. The zero-order valence-corrected chi connectivity index (χ0v) is 20.5. The predicted molar refractivity (Wildman–Crippen MR) is 124 cm³/mol. The summed E-state index contributed by atoms with van der Waals surface area (Å²) >= 11 is 3.15. The van der Waals surface area contributed by atoms with E-state index in [4.69, 9.17) is 4.74 Å². The minimum atomic E-state index is -0.693. The van der Waals surface area contributed by atoms with Crippen molar-refractivity contribution < 1.29 is 23.5 Å². The lowest BCUT2D eigenvalue weighted by Crippen LogP contribution is -2.36. The summed E-state index contributed by atoms with van der Waals surface area (Å²) in [5, 5.41) is 9.44. The van der Waals surface area contributed by atoms with Gasteiger partial charge in [0.05, 0.1) is 11.8 Å². The summed E-state index contributed by atoms with van der Waals surface area (Å²) in [6.45, 7) is 6.83. The Labute approximate surface area is 199 Å². The van der Waals surface area contributed by atoms with Crippen LogP contribution in [0.5, 0.6) is 0 Å². The molecular weight excluding hydrogens is 497 g/mol. The van der Waals surface area contributed by atoms with E-state index in [1.54, 1.807) is 18.0 Å². The lowest BCUT2D eigenvalue weighted by molar-refractivity contribution is 0.0288. The van der Waals surface area contributed by atoms with Gasteiger partial charge in [0.25, 0.3) is 11.8 Å². The van der Waals surface area contributed by atoms with Crippen molar-refractivity contribution in [3.05, 3.63) is 45.8 Å². The molecule has 0 radical (unpaired) electrons. The molecule has 1 aliphatic rings. The van der Waals surface area contributed by atoms with E-state index in [-0.39, 0.29) is 29.0 Å². The van der Waals surface area contributed by atoms with Gasteiger partial charge in [0.1, 0.15) is 22.8 Å². The van der Waals surface area contributed by atoms with Crippen molar-refractivity contribution in [3.8, 4) is 0 Å². The molecule has 0 spiro atoms. The average Bonchev–Trinajstić information content (AvgIpc) is 3.32. The Morgan fingerprint density at radius 3 is 2.64 bits per heavy atom. The number of carbonyl (C=O) groups excluding carboxylic acids is 3. The number of nitrogens with one attached hydrogen (secondary N) is 2. The number of likely N-dealkylation sites (tertiary alicyclic amines) is 1. The molecule has 33 heavy (non-hydrogen) atoms. The number of aryl methyl sites for hydroxylation is 1. The van der Waals surface area contributed by atoms with Crippen molar-refractivity contribution in [3.63, 3.8) is 0 Å². The van der Waals surface area contributed by atoms with Crippen LogP contribution in [-0.4, -0.2) is 57.8 Å². The number of benzene rings is 1. The smallest absolute Gasteiger partial charge is 0.410 e. The first kappa shape index (κ1) is 24.7. The van der Waals surface area contributed by atoms with E-state index < -0.39 is 23.2 Å². The SMILES string of the molecule is Cn1ncc(C(=O)NC[C@@H]2CCN(C(=O)OC(C)(C)C)C2)c1NC(=O)c1ccc(Br)cc1F. The number of hydrogen-bond acceptors (Lipinski definition) is 5. The number of hydrogen-bond donors (Lipinski definition) is 2. The number of halogens is 2. The Hall–Kier alpha value is -2.95. The number of rotatable bonds is 5. The largest absolute Gasteiger partial charge is 0.444 e. The van der Waals surface area contributed by atoms with E-state index in [0.717, 1.165) is 6.42 Å². The van der Waals surface area contributed by atoms with Gasteiger partial charge in [-0.25, -0.2) is 9.18 Å². The van der Waals surface area contributed by atoms with Crippen LogP contribution < -0.4 is 10.6 Å². The first-order valence-electron chi connectivity index (χ1n) is 10.5. The van der Waals surface area contributed by atoms with Gasteiger partial charge in [-0.15, -0.1) is 0 Å². The van der Waals surface area contributed by atoms with Gasteiger partial charge in [-0.3, -0.25) is 14.3 Å². The van der Waals surface area contributed by atoms with Crippen LogP contribution in [0.3, 0.4) is 0 Å². The van der Waals surface area contributed by atoms with Crippen molar-refractivity contribution in [2.75, 3.05) is 25.0 Å². The Morgan fingerprint density at radius 1 is 1.24 bits per heavy atom. The summed E-state index contributed by atoms with van der Waals surface area (Å²) in [6, 6.07) is 4.09. The molecule has 3 rings (SSSR count). The van der Waals surface area contributed by atoms with Gasteiger partial charge in [-0.05, 0) is 51.3 Å². The zero-order chi connectivity index (χ0) is 24.3. The van der Waals surface area contributed by atoms with Gasteiger partial charge in [0.2, 0.25) is 0 Å². The molecule has 2 N–H and O–H groups in total. The van der Waals surface area contributed by atoms with Crippen LogP contribution in [0.4, 0.5) is 15.0 Å². The molecule has 2 heterocycles. The van der Waals surface area contributed by atoms with Crippen molar-refractivity contribution in [1.82, 2.24) is 20.0 Å². The van der Waals surface area contributed by atoms with Crippen LogP contribution in [0.25, 0.3) is 0 Å². The fraction of sp³-hybridized carbons (Fsp3) is 0.455. The molecule has 1 saturated heterocycles. The van der Waals surface area contributed by atoms with Gasteiger partial charge in [0, 0.05) is 31.2 Å². The van der Waals surface area contributed by atoms with Gasteiger partial charge < -0.3 is 20.3 Å². The van der Waals surface area contributed by atoms with Crippen LogP contribution >= 0.6 is 15.9 Å². The van der Waals surface area contributed by atoms with Crippen molar-refractivity contribution in [1.29, 1.82) is 0 Å². The molecule has 11 heteroatoms. The van der Waals surface area contributed by atoms with Crippen molar-refractivity contribution in [2.24, 2.45) is 13.0 Å². The highest BCUT2D eigenvalue weighted by Gasteiger charge is 2.30. The third-order valence-corrected chi connectivity index (χ3v) is 5.57. The predicted octanol–water partition coefficient (Wildman–Crippen LogP) is 3.56. The molecule has 0 saturated carbocycles. The molecule has 0 unspecified atom stereocenters. The van der Waals surface area contributed by atoms with E-state index in [1.165, 1.54) is 23.0 Å². The Morgan fingerprint density at radius 2 is 1.97 bits per heavy atom. The lowest BCUT2D eigenvalue weighted by atomic mass is 10.1. The molecule has 0 aliphatic carbocycles. The van der Waals surface area contributed by atoms with Gasteiger partial charge in [-0.2, -0.15) is 5.10 Å². The Balaban J connectivity index is 1.59. The van der Waals surface area contributed by atoms with Gasteiger partial charge >= 0.3 is 6.09 Å². The third-order valence-electron chi connectivity index (χ3n) is 5.08. The second-order valence-corrected chi connectivity index (χ2v) is 9.82. The number of aromatic nitrogens is 2. The summed E-state index contributed by atoms with van der Waals surface area (Å²) in [4.78, 5) is 39.2. The summed E-state index contributed by atoms with van der Waals surface area (Å²) < 4.78 is 21.4. The molecule has 1 fully saturated rings. The van der Waals surface area contributed by atoms with Gasteiger partial charge in [0.15, 0.2) is 0 Å². The lowest BCUT2D eigenvalue weighted by Gasteiger charge is -2.24. The van der Waals surface area contributed by atoms with E-state index >= 15 is 0 Å². The average molecular weight is 524 g/mol. The third kappa shape index (κ3) is 6.31. The number of anilines is 1. The maximum Gasteiger partial charge on any atom is 0.410 e. The maximum atomic E-state index is 14.1. The highest BCUT2D eigenvalue weighted by Crippen LogP contribution is 2.21. The highest BCUT2D eigenvalue weighted by atomic mass is 79.9. The molecule has 9 nitrogen and oxygen atoms in total. The summed E-state index contributed by atoms with van der Waals surface area (Å²) in [7, 11) is 1.57. The Kier molecular flexibility index (Phi) is 7.41. The van der Waals surface area contributed by atoms with Crippen molar-refractivity contribution in [2.45, 2.75) is 32.8 Å². The standard InChI is InChI=1S/C22H27BrFN5O4/c1-22(2,3)33-21(32)29-8-7-13(12-29)10-25-19(30)16-11-26-28(4)18(16)27-20(31)15-6-5-14(23)9-17(15)24/h5-6,9,11,13H,7-8,10,12H2,1-4H3,(H,25,30)(H,27,31)/t13-/m0/s1. The molecule has 1 atom stereocenters. The molecule has 0 bridgehead atoms. The molecule has 3 amide bonds.